The van der Waals surface area contributed by atoms with Crippen LogP contribution >= 0.6 is 11.6 Å². The number of fused-ring (bicyclic) bond motifs is 1. The molecule has 0 atom stereocenters. The number of carboxylic acids is 1. The molecule has 1 aliphatic heterocycles. The Balaban J connectivity index is 1.76. The normalized spacial score (nSPS) is 13.9. The maximum absolute atomic E-state index is 15.0. The molecule has 13 heteroatoms. The van der Waals surface area contributed by atoms with E-state index in [0.717, 1.165) is 30.3 Å². The molecule has 0 aliphatic carbocycles. The van der Waals surface area contributed by atoms with E-state index in [1.165, 1.54) is 21.9 Å². The number of rotatable bonds is 4. The average Bonchev–Trinajstić information content (AvgIpc) is 3.42. The van der Waals surface area contributed by atoms with Crippen molar-refractivity contribution in [1.29, 1.82) is 0 Å². The van der Waals surface area contributed by atoms with Crippen molar-refractivity contribution in [3.05, 3.63) is 82.1 Å². The summed E-state index contributed by atoms with van der Waals surface area (Å²) in [5, 5.41) is 13.1. The molecule has 0 bridgehead atoms. The molecule has 1 saturated heterocycles. The highest BCUT2D eigenvalue weighted by Gasteiger charge is 2.37. The van der Waals surface area contributed by atoms with Crippen molar-refractivity contribution in [1.82, 2.24) is 14.7 Å². The maximum atomic E-state index is 15.0. The van der Waals surface area contributed by atoms with Crippen LogP contribution in [-0.4, -0.2) is 57.8 Å². The third-order valence-electron chi connectivity index (χ3n) is 6.39. The van der Waals surface area contributed by atoms with Crippen LogP contribution < -0.4 is 4.90 Å². The minimum atomic E-state index is -4.92. The molecule has 2 amide bonds. The Morgan fingerprint density at radius 1 is 1.05 bits per heavy atom. The maximum Gasteiger partial charge on any atom is 0.417 e. The lowest BCUT2D eigenvalue weighted by molar-refractivity contribution is -0.137. The van der Waals surface area contributed by atoms with E-state index in [-0.39, 0.29) is 33.8 Å². The van der Waals surface area contributed by atoms with E-state index in [1.54, 1.807) is 13.1 Å². The van der Waals surface area contributed by atoms with Crippen molar-refractivity contribution in [2.75, 3.05) is 25.0 Å². The van der Waals surface area contributed by atoms with Gasteiger partial charge in [0.25, 0.3) is 5.91 Å². The van der Waals surface area contributed by atoms with Gasteiger partial charge in [-0.1, -0.05) is 17.7 Å². The van der Waals surface area contributed by atoms with Gasteiger partial charge in [0.1, 0.15) is 11.5 Å². The number of likely N-dealkylation sites (N-methyl/N-ethyl adjacent to an activating group) is 1. The van der Waals surface area contributed by atoms with Crippen molar-refractivity contribution in [2.45, 2.75) is 6.18 Å². The Morgan fingerprint density at radius 2 is 1.79 bits per heavy atom. The Labute approximate surface area is 222 Å². The minimum Gasteiger partial charge on any atom is -0.478 e. The number of alkyl halides is 3. The third-order valence-corrected chi connectivity index (χ3v) is 6.70. The highest BCUT2D eigenvalue weighted by molar-refractivity contribution is 6.34. The molecule has 8 nitrogen and oxygen atoms in total. The van der Waals surface area contributed by atoms with E-state index in [9.17, 15) is 27.6 Å². The van der Waals surface area contributed by atoms with Crippen molar-refractivity contribution >= 4 is 46.1 Å². The van der Waals surface area contributed by atoms with Crippen LogP contribution in [0.2, 0.25) is 5.02 Å². The van der Waals surface area contributed by atoms with E-state index in [2.05, 4.69) is 5.10 Å². The summed E-state index contributed by atoms with van der Waals surface area (Å²) >= 11 is 6.06. The molecule has 0 saturated carbocycles. The van der Waals surface area contributed by atoms with Crippen LogP contribution in [0.4, 0.5) is 28.0 Å². The average molecular weight is 561 g/mol. The number of nitrogens with zero attached hydrogens (tertiary/aromatic N) is 4. The first-order valence-corrected chi connectivity index (χ1v) is 11.8. The Morgan fingerprint density at radius 3 is 2.41 bits per heavy atom. The minimum absolute atomic E-state index is 0.00962. The Kier molecular flexibility index (Phi) is 6.30. The van der Waals surface area contributed by atoms with Gasteiger partial charge in [-0.3, -0.25) is 9.69 Å². The van der Waals surface area contributed by atoms with E-state index >= 15 is 4.39 Å². The number of aromatic nitrogens is 2. The number of urea groups is 1. The summed E-state index contributed by atoms with van der Waals surface area (Å²) in [5.41, 5.74) is -2.44. The standard InChI is InChI=1S/C26H17ClF4N4O4/c1-33-9-10-34(25(33)39)14-6-8-16-20(12-14)35(23(36)21-17(26(29,30)31)3-2-4-18(21)27)32-22(16)15-7-5-13(24(37)38)11-19(15)28/h2-8,11-12H,9-10H2,1H3,(H,37,38). The fourth-order valence-corrected chi connectivity index (χ4v) is 4.69. The zero-order valence-electron chi connectivity index (χ0n) is 20.0. The molecule has 3 aromatic carbocycles. The number of anilines is 1. The van der Waals surface area contributed by atoms with Gasteiger partial charge in [0.15, 0.2) is 0 Å². The summed E-state index contributed by atoms with van der Waals surface area (Å²) in [6, 6.07) is 10.0. The van der Waals surface area contributed by atoms with Crippen molar-refractivity contribution in [3.8, 4) is 11.3 Å². The van der Waals surface area contributed by atoms with Crippen molar-refractivity contribution in [2.24, 2.45) is 0 Å². The first-order chi connectivity index (χ1) is 18.4. The molecule has 0 radical (unpaired) electrons. The molecule has 2 heterocycles. The van der Waals surface area contributed by atoms with E-state index in [4.69, 9.17) is 16.7 Å². The molecule has 0 spiro atoms. The van der Waals surface area contributed by atoms with Gasteiger partial charge < -0.3 is 10.0 Å². The van der Waals surface area contributed by atoms with Crippen LogP contribution in [-0.2, 0) is 6.18 Å². The Hall–Kier alpha value is -4.45. The van der Waals surface area contributed by atoms with Gasteiger partial charge >= 0.3 is 18.2 Å². The monoisotopic (exact) mass is 560 g/mol. The number of hydrogen-bond donors (Lipinski definition) is 1. The first-order valence-electron chi connectivity index (χ1n) is 11.4. The van der Waals surface area contributed by atoms with Gasteiger partial charge in [-0.25, -0.2) is 14.0 Å². The molecule has 1 aromatic heterocycles. The SMILES string of the molecule is CN1CCN(c2ccc3c(-c4ccc(C(=O)O)cc4F)nn(C(=O)c4c(Cl)cccc4C(F)(F)F)c3c2)C1=O. The number of halogens is 5. The van der Waals surface area contributed by atoms with Crippen LogP contribution in [0.5, 0.6) is 0 Å². The molecule has 1 fully saturated rings. The fourth-order valence-electron chi connectivity index (χ4n) is 4.44. The van der Waals surface area contributed by atoms with E-state index in [1.807, 2.05) is 0 Å². The number of carbonyl (C=O) groups is 3. The first kappa shape index (κ1) is 26.2. The second kappa shape index (κ2) is 9.38. The number of carbonyl (C=O) groups excluding carboxylic acids is 2. The second-order valence-electron chi connectivity index (χ2n) is 8.78. The molecule has 1 N–H and O–H groups in total. The van der Waals surface area contributed by atoms with Crippen LogP contribution in [0.3, 0.4) is 0 Å². The van der Waals surface area contributed by atoms with Gasteiger partial charge in [-0.05, 0) is 48.5 Å². The van der Waals surface area contributed by atoms with Gasteiger partial charge in [0, 0.05) is 36.8 Å². The lowest BCUT2D eigenvalue weighted by Gasteiger charge is -2.17. The third kappa shape index (κ3) is 4.46. The Bertz CT molecular complexity index is 1680. The topological polar surface area (TPSA) is 95.7 Å². The summed E-state index contributed by atoms with van der Waals surface area (Å²) in [6.07, 6.45) is -4.92. The van der Waals surface area contributed by atoms with Crippen LogP contribution in [0.25, 0.3) is 22.2 Å². The van der Waals surface area contributed by atoms with Crippen LogP contribution in [0.1, 0.15) is 26.3 Å². The summed E-state index contributed by atoms with van der Waals surface area (Å²) in [4.78, 5) is 40.3. The zero-order chi connectivity index (χ0) is 28.2. The van der Waals surface area contributed by atoms with Gasteiger partial charge in [0.2, 0.25) is 0 Å². The van der Waals surface area contributed by atoms with Crippen LogP contribution in [0, 0.1) is 5.82 Å². The summed E-state index contributed by atoms with van der Waals surface area (Å²) in [7, 11) is 1.60. The lowest BCUT2D eigenvalue weighted by atomic mass is 10.0. The zero-order valence-corrected chi connectivity index (χ0v) is 20.7. The number of benzene rings is 3. The van der Waals surface area contributed by atoms with Crippen molar-refractivity contribution < 1.29 is 37.1 Å². The second-order valence-corrected chi connectivity index (χ2v) is 9.19. The highest BCUT2D eigenvalue weighted by Crippen LogP contribution is 2.38. The molecule has 0 unspecified atom stereocenters. The fraction of sp³-hybridized carbons (Fsp3) is 0.154. The van der Waals surface area contributed by atoms with Crippen molar-refractivity contribution in [3.63, 3.8) is 0 Å². The quantitative estimate of drug-likeness (QED) is 0.320. The lowest BCUT2D eigenvalue weighted by Crippen LogP contribution is -2.29. The number of amides is 2. The molecule has 39 heavy (non-hydrogen) atoms. The highest BCUT2D eigenvalue weighted by atomic mass is 35.5. The molecule has 200 valence electrons. The van der Waals surface area contributed by atoms with Gasteiger partial charge in [0.05, 0.1) is 27.2 Å². The summed E-state index contributed by atoms with van der Waals surface area (Å²) in [6.45, 7) is 0.750. The van der Waals surface area contributed by atoms with E-state index < -0.39 is 40.0 Å². The summed E-state index contributed by atoms with van der Waals surface area (Å²) < 4.78 is 57.1. The molecule has 1 aliphatic rings. The smallest absolute Gasteiger partial charge is 0.417 e. The van der Waals surface area contributed by atoms with Gasteiger partial charge in [-0.15, -0.1) is 0 Å². The number of hydrogen-bond acceptors (Lipinski definition) is 4. The molecular weight excluding hydrogens is 544 g/mol. The largest absolute Gasteiger partial charge is 0.478 e. The van der Waals surface area contributed by atoms with Crippen LogP contribution in [0.15, 0.2) is 54.6 Å². The predicted octanol–water partition coefficient (Wildman–Crippen LogP) is 5.77. The number of aromatic carboxylic acids is 1. The van der Waals surface area contributed by atoms with E-state index in [0.29, 0.717) is 29.5 Å². The molecule has 5 rings (SSSR count). The number of carboxylic acid groups (broad SMARTS) is 1. The van der Waals surface area contributed by atoms with Gasteiger partial charge in [-0.2, -0.15) is 23.0 Å². The molecule has 4 aromatic rings. The summed E-state index contributed by atoms with van der Waals surface area (Å²) in [5.74, 6) is -3.56. The molecular formula is C26H17ClF4N4O4. The predicted molar refractivity (Wildman–Crippen MR) is 134 cm³/mol.